The highest BCUT2D eigenvalue weighted by Gasteiger charge is 2.05. The molecule has 0 aliphatic heterocycles. The van der Waals surface area contributed by atoms with Crippen LogP contribution in [0.25, 0.3) is 11.3 Å². The van der Waals surface area contributed by atoms with Gasteiger partial charge in [0.1, 0.15) is 0 Å². The van der Waals surface area contributed by atoms with Gasteiger partial charge in [0.05, 0.1) is 5.69 Å². The first kappa shape index (κ1) is 13.5. The van der Waals surface area contributed by atoms with Crippen LogP contribution in [0, 0.1) is 0 Å². The quantitative estimate of drug-likeness (QED) is 0.519. The van der Waals surface area contributed by atoms with Gasteiger partial charge < -0.3 is 10.4 Å². The molecule has 1 heterocycles. The molecule has 0 spiro atoms. The van der Waals surface area contributed by atoms with Crippen LogP contribution in [0.5, 0.6) is 0 Å². The van der Waals surface area contributed by atoms with Crippen molar-refractivity contribution in [3.8, 4) is 11.3 Å². The molecule has 2 rings (SSSR count). The number of thiazole rings is 1. The molecule has 0 unspecified atom stereocenters. The fraction of sp³-hybridized carbons (Fsp3) is 0.0833. The second kappa shape index (κ2) is 6.27. The Kier molecular flexibility index (Phi) is 5.00. The van der Waals surface area contributed by atoms with E-state index >= 15 is 0 Å². The second-order valence-corrected chi connectivity index (χ2v) is 4.13. The van der Waals surface area contributed by atoms with Gasteiger partial charge in [0.2, 0.25) is 4.80 Å². The lowest BCUT2D eigenvalue weighted by Gasteiger charge is -2.05. The van der Waals surface area contributed by atoms with Gasteiger partial charge in [-0.25, -0.2) is 0 Å². The number of nitrogens with zero attached hydrogens (tertiary/aromatic N) is 2. The molecule has 5 heteroatoms. The lowest BCUT2D eigenvalue weighted by Crippen LogP contribution is -2.16. The van der Waals surface area contributed by atoms with Crippen molar-refractivity contribution in [2.75, 3.05) is 0 Å². The summed E-state index contributed by atoms with van der Waals surface area (Å²) in [5.41, 5.74) is 2.28. The van der Waals surface area contributed by atoms with Gasteiger partial charge >= 0.3 is 0 Å². The number of halogens is 1. The van der Waals surface area contributed by atoms with Gasteiger partial charge in [-0.15, -0.1) is 30.3 Å². The van der Waals surface area contributed by atoms with Crippen molar-refractivity contribution >= 4 is 23.7 Å². The molecule has 3 nitrogen and oxygen atoms in total. The average molecular weight is 268 g/mol. The molecule has 0 fully saturated rings. The van der Waals surface area contributed by atoms with Crippen molar-refractivity contribution in [1.29, 1.82) is 0 Å². The van der Waals surface area contributed by atoms with Crippen molar-refractivity contribution in [3.63, 3.8) is 0 Å². The van der Waals surface area contributed by atoms with Crippen LogP contribution in [0.1, 0.15) is 0 Å². The molecule has 0 atom stereocenters. The van der Waals surface area contributed by atoms with Gasteiger partial charge in [-0.3, -0.25) is 0 Å². The van der Waals surface area contributed by atoms with Gasteiger partial charge in [-0.1, -0.05) is 36.4 Å². The van der Waals surface area contributed by atoms with Gasteiger partial charge in [0.15, 0.2) is 0 Å². The van der Waals surface area contributed by atoms with E-state index in [0.717, 1.165) is 16.1 Å². The molecule has 2 aromatic rings. The molecule has 0 radical (unpaired) electrons. The zero-order chi connectivity index (χ0) is 11.4. The third-order valence-electron chi connectivity index (χ3n) is 2.29. The molecule has 90 valence electrons. The van der Waals surface area contributed by atoms with E-state index in [1.807, 2.05) is 28.8 Å². The number of allylic oxidation sites excluding steroid dienone is 1. The van der Waals surface area contributed by atoms with Crippen molar-refractivity contribution in [2.24, 2.45) is 10.9 Å². The minimum atomic E-state index is 0. The van der Waals surface area contributed by atoms with Crippen LogP contribution in [0.2, 0.25) is 0 Å². The summed E-state index contributed by atoms with van der Waals surface area (Å²) in [5, 5.41) is 5.83. The summed E-state index contributed by atoms with van der Waals surface area (Å²) >= 11 is 1.53. The first-order chi connectivity index (χ1) is 7.86. The van der Waals surface area contributed by atoms with Crippen LogP contribution in [0.3, 0.4) is 0 Å². The summed E-state index contributed by atoms with van der Waals surface area (Å²) < 4.78 is 2.05. The summed E-state index contributed by atoms with van der Waals surface area (Å²) in [6.45, 7) is 4.46. The van der Waals surface area contributed by atoms with Crippen molar-refractivity contribution < 1.29 is 0 Å². The van der Waals surface area contributed by atoms with Crippen LogP contribution in [0.4, 0.5) is 0 Å². The largest absolute Gasteiger partial charge is 0.320 e. The Morgan fingerprint density at radius 1 is 1.35 bits per heavy atom. The fourth-order valence-electron chi connectivity index (χ4n) is 1.58. The normalized spacial score (nSPS) is 10.9. The monoisotopic (exact) mass is 267 g/mol. The summed E-state index contributed by atoms with van der Waals surface area (Å²) in [4.78, 5) is 0.804. The van der Waals surface area contributed by atoms with Crippen LogP contribution in [-0.2, 0) is 6.54 Å². The Labute approximate surface area is 110 Å². The van der Waals surface area contributed by atoms with Crippen LogP contribution in [-0.4, -0.2) is 4.57 Å². The third-order valence-corrected chi connectivity index (χ3v) is 3.17. The van der Waals surface area contributed by atoms with E-state index in [4.69, 9.17) is 5.84 Å². The molecule has 17 heavy (non-hydrogen) atoms. The zero-order valence-corrected chi connectivity index (χ0v) is 10.9. The predicted molar refractivity (Wildman–Crippen MR) is 74.9 cm³/mol. The lowest BCUT2D eigenvalue weighted by atomic mass is 10.2. The first-order valence-electron chi connectivity index (χ1n) is 4.95. The summed E-state index contributed by atoms with van der Waals surface area (Å²) in [5.74, 6) is 5.35. The Morgan fingerprint density at radius 3 is 2.65 bits per heavy atom. The second-order valence-electron chi connectivity index (χ2n) is 3.30. The maximum atomic E-state index is 5.35. The average Bonchev–Trinajstić information content (AvgIpc) is 2.74. The highest BCUT2D eigenvalue weighted by Crippen LogP contribution is 2.19. The lowest BCUT2D eigenvalue weighted by molar-refractivity contribution is 0.788. The Bertz CT molecular complexity index is 542. The smallest absolute Gasteiger partial charge is 0.208 e. The molecule has 0 saturated carbocycles. The van der Waals surface area contributed by atoms with E-state index in [1.54, 1.807) is 0 Å². The Morgan fingerprint density at radius 2 is 2.06 bits per heavy atom. The summed E-state index contributed by atoms with van der Waals surface area (Å²) in [7, 11) is 0. The van der Waals surface area contributed by atoms with E-state index in [1.165, 1.54) is 11.3 Å². The van der Waals surface area contributed by atoms with E-state index in [0.29, 0.717) is 6.54 Å². The molecule has 1 aromatic carbocycles. The number of hydrogen-bond acceptors (Lipinski definition) is 3. The number of rotatable bonds is 3. The van der Waals surface area contributed by atoms with Gasteiger partial charge in [-0.2, -0.15) is 5.10 Å². The van der Waals surface area contributed by atoms with Gasteiger partial charge in [-0.05, 0) is 5.56 Å². The number of aromatic nitrogens is 1. The minimum Gasteiger partial charge on any atom is -0.320 e. The van der Waals surface area contributed by atoms with E-state index < -0.39 is 0 Å². The van der Waals surface area contributed by atoms with Crippen molar-refractivity contribution in [2.45, 2.75) is 6.54 Å². The number of benzene rings is 1. The third kappa shape index (κ3) is 2.78. The SMILES string of the molecule is C=CCn1c(-c2ccccc2)cs/c1=N\N.Cl. The van der Waals surface area contributed by atoms with E-state index in [2.05, 4.69) is 29.2 Å². The number of hydrogen-bond donors (Lipinski definition) is 1. The Balaban J connectivity index is 0.00000144. The molecular weight excluding hydrogens is 254 g/mol. The van der Waals surface area contributed by atoms with Crippen molar-refractivity contribution in [1.82, 2.24) is 4.57 Å². The molecule has 0 aliphatic rings. The van der Waals surface area contributed by atoms with Gasteiger partial charge in [0.25, 0.3) is 0 Å². The molecule has 0 bridgehead atoms. The molecular formula is C12H14ClN3S. The molecule has 2 N–H and O–H groups in total. The molecule has 0 saturated heterocycles. The van der Waals surface area contributed by atoms with Crippen LogP contribution in [0.15, 0.2) is 53.5 Å². The molecule has 1 aromatic heterocycles. The molecule has 0 amide bonds. The first-order valence-corrected chi connectivity index (χ1v) is 5.83. The summed E-state index contributed by atoms with van der Waals surface area (Å²) in [6, 6.07) is 10.2. The fourth-order valence-corrected chi connectivity index (χ4v) is 2.42. The molecule has 0 aliphatic carbocycles. The highest BCUT2D eigenvalue weighted by molar-refractivity contribution is 7.07. The van der Waals surface area contributed by atoms with Crippen molar-refractivity contribution in [3.05, 3.63) is 53.2 Å². The van der Waals surface area contributed by atoms with E-state index in [9.17, 15) is 0 Å². The van der Waals surface area contributed by atoms with Gasteiger partial charge in [0, 0.05) is 11.9 Å². The standard InChI is InChI=1S/C12H13N3S.ClH/c1-2-8-15-11(9-16-12(15)14-13)10-6-4-3-5-7-10;/h2-7,9H,1,8,13H2;1H/b14-12-;. The summed E-state index contributed by atoms with van der Waals surface area (Å²) in [6.07, 6.45) is 1.84. The highest BCUT2D eigenvalue weighted by atomic mass is 35.5. The zero-order valence-electron chi connectivity index (χ0n) is 9.24. The maximum Gasteiger partial charge on any atom is 0.208 e. The Hall–Kier alpha value is -1.52. The number of nitrogens with two attached hydrogens (primary N) is 1. The predicted octanol–water partition coefficient (Wildman–Crippen LogP) is 2.60. The maximum absolute atomic E-state index is 5.35. The van der Waals surface area contributed by atoms with E-state index in [-0.39, 0.29) is 12.4 Å². The topological polar surface area (TPSA) is 43.3 Å². The minimum absolute atomic E-state index is 0. The van der Waals surface area contributed by atoms with Crippen LogP contribution < -0.4 is 10.6 Å². The van der Waals surface area contributed by atoms with Crippen LogP contribution >= 0.6 is 23.7 Å².